The van der Waals surface area contributed by atoms with Gasteiger partial charge in [-0.3, -0.25) is 4.79 Å². The molecule has 0 spiro atoms. The van der Waals surface area contributed by atoms with Crippen LogP contribution in [0.4, 0.5) is 8.78 Å². The summed E-state index contributed by atoms with van der Waals surface area (Å²) in [5.41, 5.74) is 1.11. The highest BCUT2D eigenvalue weighted by Crippen LogP contribution is 2.26. The lowest BCUT2D eigenvalue weighted by atomic mass is 10.0. The Morgan fingerprint density at radius 1 is 0.808 bits per heavy atom. The summed E-state index contributed by atoms with van der Waals surface area (Å²) in [4.78, 5) is 12.8. The van der Waals surface area contributed by atoms with Crippen LogP contribution < -0.4 is 5.56 Å². The molecule has 0 aliphatic rings. The fourth-order valence-electron chi connectivity index (χ4n) is 2.79. The van der Waals surface area contributed by atoms with Crippen molar-refractivity contribution < 1.29 is 8.78 Å². The molecular formula is C20H11ClF2N2O. The molecule has 1 heterocycles. The molecule has 0 bridgehead atoms. The fraction of sp³-hybridized carbons (Fsp3) is 0. The van der Waals surface area contributed by atoms with E-state index in [9.17, 15) is 13.6 Å². The second-order valence-corrected chi connectivity index (χ2v) is 6.18. The van der Waals surface area contributed by atoms with Crippen LogP contribution in [0.1, 0.15) is 0 Å². The molecular weight excluding hydrogens is 358 g/mol. The molecule has 0 saturated carbocycles. The SMILES string of the molecule is O=c1c2cc(F)ccc2c(-c2ccc(F)cc2)nn1-c1ccc(Cl)cc1. The molecule has 0 fully saturated rings. The topological polar surface area (TPSA) is 34.9 Å². The highest BCUT2D eigenvalue weighted by Gasteiger charge is 2.14. The van der Waals surface area contributed by atoms with Gasteiger partial charge in [-0.1, -0.05) is 11.6 Å². The van der Waals surface area contributed by atoms with Gasteiger partial charge in [-0.05, 0) is 66.7 Å². The van der Waals surface area contributed by atoms with Crippen molar-refractivity contribution >= 4 is 22.4 Å². The maximum Gasteiger partial charge on any atom is 0.279 e. The lowest BCUT2D eigenvalue weighted by Crippen LogP contribution is -2.22. The quantitative estimate of drug-likeness (QED) is 0.500. The van der Waals surface area contributed by atoms with E-state index >= 15 is 0 Å². The molecule has 1 aromatic heterocycles. The number of hydrogen-bond donors (Lipinski definition) is 0. The van der Waals surface area contributed by atoms with Crippen LogP contribution in [0.3, 0.4) is 0 Å². The van der Waals surface area contributed by atoms with E-state index in [1.807, 2.05) is 0 Å². The van der Waals surface area contributed by atoms with Crippen LogP contribution in [0.2, 0.25) is 5.02 Å². The minimum absolute atomic E-state index is 0.189. The first-order valence-corrected chi connectivity index (χ1v) is 8.15. The minimum atomic E-state index is -0.520. The Bertz CT molecular complexity index is 1170. The Kier molecular flexibility index (Phi) is 4.01. The molecule has 128 valence electrons. The van der Waals surface area contributed by atoms with Crippen molar-refractivity contribution in [3.05, 3.63) is 93.7 Å². The third kappa shape index (κ3) is 2.86. The maximum atomic E-state index is 13.8. The van der Waals surface area contributed by atoms with Crippen LogP contribution in [0.5, 0.6) is 0 Å². The molecule has 0 unspecified atom stereocenters. The molecule has 0 radical (unpaired) electrons. The van der Waals surface area contributed by atoms with Gasteiger partial charge in [0.05, 0.1) is 16.8 Å². The molecule has 0 amide bonds. The molecule has 4 aromatic rings. The summed E-state index contributed by atoms with van der Waals surface area (Å²) in [6.07, 6.45) is 0. The lowest BCUT2D eigenvalue weighted by molar-refractivity contribution is 0.628. The number of benzene rings is 3. The molecule has 4 rings (SSSR count). The predicted octanol–water partition coefficient (Wildman–Crippen LogP) is 4.98. The number of rotatable bonds is 2. The first kappa shape index (κ1) is 16.4. The second kappa shape index (κ2) is 6.35. The minimum Gasteiger partial charge on any atom is -0.267 e. The van der Waals surface area contributed by atoms with Gasteiger partial charge in [0.1, 0.15) is 11.6 Å². The van der Waals surface area contributed by atoms with Gasteiger partial charge < -0.3 is 0 Å². The largest absolute Gasteiger partial charge is 0.279 e. The molecule has 0 aliphatic heterocycles. The van der Waals surface area contributed by atoms with Crippen molar-refractivity contribution in [3.63, 3.8) is 0 Å². The third-order valence-electron chi connectivity index (χ3n) is 4.05. The number of hydrogen-bond acceptors (Lipinski definition) is 2. The Hall–Kier alpha value is -3.05. The zero-order chi connectivity index (χ0) is 18.3. The molecule has 0 N–H and O–H groups in total. The average molecular weight is 369 g/mol. The summed E-state index contributed by atoms with van der Waals surface area (Å²) < 4.78 is 28.2. The first-order chi connectivity index (χ1) is 12.5. The van der Waals surface area contributed by atoms with E-state index in [0.717, 1.165) is 0 Å². The van der Waals surface area contributed by atoms with Gasteiger partial charge in [0.15, 0.2) is 0 Å². The third-order valence-corrected chi connectivity index (χ3v) is 4.30. The van der Waals surface area contributed by atoms with Crippen LogP contribution in [-0.2, 0) is 0 Å². The molecule has 3 nitrogen and oxygen atoms in total. The van der Waals surface area contributed by atoms with Crippen molar-refractivity contribution in [2.75, 3.05) is 0 Å². The normalized spacial score (nSPS) is 11.0. The standard InChI is InChI=1S/C20H11ClF2N2O/c21-13-3-8-16(9-4-13)25-20(26)18-11-15(23)7-10-17(18)19(24-25)12-1-5-14(22)6-2-12/h1-11H. The lowest BCUT2D eigenvalue weighted by Gasteiger charge is -2.11. The summed E-state index contributed by atoms with van der Waals surface area (Å²) in [6.45, 7) is 0. The van der Waals surface area contributed by atoms with Crippen LogP contribution in [0.15, 0.2) is 71.5 Å². The highest BCUT2D eigenvalue weighted by atomic mass is 35.5. The van der Waals surface area contributed by atoms with E-state index < -0.39 is 11.4 Å². The predicted molar refractivity (Wildman–Crippen MR) is 97.7 cm³/mol. The van der Waals surface area contributed by atoms with Crippen molar-refractivity contribution in [3.8, 4) is 16.9 Å². The van der Waals surface area contributed by atoms with Crippen LogP contribution in [0, 0.1) is 11.6 Å². The number of nitrogens with zero attached hydrogens (tertiary/aromatic N) is 2. The Morgan fingerprint density at radius 2 is 1.46 bits per heavy atom. The highest BCUT2D eigenvalue weighted by molar-refractivity contribution is 6.30. The van der Waals surface area contributed by atoms with Crippen molar-refractivity contribution in [2.24, 2.45) is 0 Å². The van der Waals surface area contributed by atoms with Crippen LogP contribution >= 0.6 is 11.6 Å². The van der Waals surface area contributed by atoms with Gasteiger partial charge in [-0.25, -0.2) is 8.78 Å². The maximum absolute atomic E-state index is 13.8. The molecule has 3 aromatic carbocycles. The van der Waals surface area contributed by atoms with E-state index in [-0.39, 0.29) is 11.2 Å². The van der Waals surface area contributed by atoms with Crippen molar-refractivity contribution in [2.45, 2.75) is 0 Å². The van der Waals surface area contributed by atoms with Gasteiger partial charge in [0.2, 0.25) is 0 Å². The van der Waals surface area contributed by atoms with E-state index in [4.69, 9.17) is 11.6 Å². The van der Waals surface area contributed by atoms with Crippen LogP contribution in [0.25, 0.3) is 27.7 Å². The average Bonchev–Trinajstić information content (AvgIpc) is 2.64. The van der Waals surface area contributed by atoms with Gasteiger partial charge in [-0.15, -0.1) is 0 Å². The van der Waals surface area contributed by atoms with Gasteiger partial charge in [-0.2, -0.15) is 9.78 Å². The summed E-state index contributed by atoms with van der Waals surface area (Å²) in [7, 11) is 0. The molecule has 0 atom stereocenters. The zero-order valence-electron chi connectivity index (χ0n) is 13.3. The fourth-order valence-corrected chi connectivity index (χ4v) is 2.92. The van der Waals surface area contributed by atoms with E-state index in [2.05, 4.69) is 5.10 Å². The summed E-state index contributed by atoms with van der Waals surface area (Å²) in [5.74, 6) is -0.899. The molecule has 0 saturated heterocycles. The summed E-state index contributed by atoms with van der Waals surface area (Å²) in [6, 6.07) is 16.3. The number of aromatic nitrogens is 2. The van der Waals surface area contributed by atoms with E-state index in [1.54, 1.807) is 36.4 Å². The van der Waals surface area contributed by atoms with Crippen LogP contribution in [-0.4, -0.2) is 9.78 Å². The number of fused-ring (bicyclic) bond motifs is 1. The van der Waals surface area contributed by atoms with Crippen molar-refractivity contribution in [1.29, 1.82) is 0 Å². The Morgan fingerprint density at radius 3 is 2.15 bits per heavy atom. The monoisotopic (exact) mass is 368 g/mol. The molecule has 6 heteroatoms. The molecule has 0 aliphatic carbocycles. The van der Waals surface area contributed by atoms with Crippen molar-refractivity contribution in [1.82, 2.24) is 9.78 Å². The van der Waals surface area contributed by atoms with Gasteiger partial charge in [0.25, 0.3) is 5.56 Å². The molecule has 26 heavy (non-hydrogen) atoms. The Balaban J connectivity index is 2.07. The number of halogens is 3. The second-order valence-electron chi connectivity index (χ2n) is 5.74. The van der Waals surface area contributed by atoms with E-state index in [1.165, 1.54) is 35.0 Å². The Labute approximate surface area is 152 Å². The summed E-state index contributed by atoms with van der Waals surface area (Å²) >= 11 is 5.90. The first-order valence-electron chi connectivity index (χ1n) is 7.77. The van der Waals surface area contributed by atoms with Gasteiger partial charge in [0, 0.05) is 16.0 Å². The summed E-state index contributed by atoms with van der Waals surface area (Å²) in [5, 5.41) is 5.65. The zero-order valence-corrected chi connectivity index (χ0v) is 14.0. The smallest absolute Gasteiger partial charge is 0.267 e. The van der Waals surface area contributed by atoms with E-state index in [0.29, 0.717) is 27.4 Å². The van der Waals surface area contributed by atoms with Gasteiger partial charge >= 0.3 is 0 Å².